The van der Waals surface area contributed by atoms with Gasteiger partial charge in [-0.3, -0.25) is 14.0 Å². The molecule has 3 atom stereocenters. The Labute approximate surface area is 207 Å². The fourth-order valence-electron chi connectivity index (χ4n) is 5.70. The van der Waals surface area contributed by atoms with Gasteiger partial charge in [0.05, 0.1) is 23.0 Å². The average Bonchev–Trinajstić information content (AvgIpc) is 3.64. The van der Waals surface area contributed by atoms with Gasteiger partial charge in [0.25, 0.3) is 11.8 Å². The van der Waals surface area contributed by atoms with Gasteiger partial charge in [-0.1, -0.05) is 30.3 Å². The lowest BCUT2D eigenvalue weighted by molar-refractivity contribution is 0.0581. The molecule has 1 N–H and O–H groups in total. The highest BCUT2D eigenvalue weighted by molar-refractivity contribution is 7.15. The number of carbonyl (C=O) groups is 2. The zero-order chi connectivity index (χ0) is 24.1. The van der Waals surface area contributed by atoms with Gasteiger partial charge in [-0.25, -0.2) is 15.0 Å². The van der Waals surface area contributed by atoms with Crippen LogP contribution in [0.25, 0.3) is 16.2 Å². The molecule has 9 heteroatoms. The molecule has 1 saturated heterocycles. The first-order chi connectivity index (χ1) is 17.0. The summed E-state index contributed by atoms with van der Waals surface area (Å²) in [5.41, 5.74) is 3.33. The van der Waals surface area contributed by atoms with Gasteiger partial charge in [0, 0.05) is 35.9 Å². The maximum Gasteiger partial charge on any atom is 0.270 e. The number of thiazole rings is 1. The second kappa shape index (κ2) is 8.57. The predicted molar refractivity (Wildman–Crippen MR) is 133 cm³/mol. The molecule has 1 aromatic carbocycles. The normalized spacial score (nSPS) is 21.1. The van der Waals surface area contributed by atoms with Crippen molar-refractivity contribution < 1.29 is 9.59 Å². The first-order valence-electron chi connectivity index (χ1n) is 11.9. The lowest BCUT2D eigenvalue weighted by atomic mass is 9.97. The number of nitrogens with zero attached hydrogens (tertiary/aromatic N) is 5. The van der Waals surface area contributed by atoms with Crippen molar-refractivity contribution in [2.75, 3.05) is 6.54 Å². The van der Waals surface area contributed by atoms with Crippen LogP contribution in [0.1, 0.15) is 51.6 Å². The third-order valence-corrected chi connectivity index (χ3v) is 8.04. The first kappa shape index (κ1) is 21.9. The second-order valence-corrected chi connectivity index (χ2v) is 10.2. The highest BCUT2D eigenvalue weighted by atomic mass is 32.1. The summed E-state index contributed by atoms with van der Waals surface area (Å²) in [7, 11) is 0. The smallest absolute Gasteiger partial charge is 0.270 e. The Kier molecular flexibility index (Phi) is 5.36. The third-order valence-electron chi connectivity index (χ3n) is 7.28. The number of piperidine rings is 1. The molecule has 0 radical (unpaired) electrons. The zero-order valence-electron chi connectivity index (χ0n) is 19.6. The van der Waals surface area contributed by atoms with Crippen LogP contribution in [0.2, 0.25) is 0 Å². The summed E-state index contributed by atoms with van der Waals surface area (Å²) in [4.78, 5) is 43.3. The van der Waals surface area contributed by atoms with Crippen molar-refractivity contribution in [3.63, 3.8) is 0 Å². The van der Waals surface area contributed by atoms with E-state index in [1.807, 2.05) is 65.1 Å². The first-order valence-corrected chi connectivity index (χ1v) is 12.8. The maximum atomic E-state index is 13.9. The van der Waals surface area contributed by atoms with Gasteiger partial charge in [0.1, 0.15) is 11.5 Å². The van der Waals surface area contributed by atoms with Gasteiger partial charge < -0.3 is 10.2 Å². The number of benzene rings is 1. The minimum atomic E-state index is -0.160. The van der Waals surface area contributed by atoms with Gasteiger partial charge in [-0.15, -0.1) is 11.3 Å². The lowest BCUT2D eigenvalue weighted by Gasteiger charge is -2.35. The second-order valence-electron chi connectivity index (χ2n) is 9.36. The standard InChI is InChI=1S/C26H26N6O2S/c1-15-23(31-10-11-35-26(31)29-15)24(33)28-14-21-18-8-9-19(12-18)32(21)25(34)20-13-27-16(2)30-22(20)17-6-4-3-5-7-17/h3-7,10-11,13,18-19,21H,8-9,12,14H2,1-2H3,(H,28,33)/t18-,19+,21+/m0/s1. The van der Waals surface area contributed by atoms with Crippen molar-refractivity contribution >= 4 is 28.1 Å². The SMILES string of the molecule is Cc1ncc(C(=O)N2[C@@H]3CC[C@@H](C3)[C@H]2CNC(=O)c2c(C)nc3sccn23)c(-c2ccccc2)n1. The molecular weight excluding hydrogens is 460 g/mol. The van der Waals surface area contributed by atoms with Crippen LogP contribution in [0.4, 0.5) is 0 Å². The molecule has 6 rings (SSSR count). The molecule has 8 nitrogen and oxygen atoms in total. The Hall–Kier alpha value is -3.59. The number of fused-ring (bicyclic) bond motifs is 3. The van der Waals surface area contributed by atoms with E-state index in [2.05, 4.69) is 20.3 Å². The Bertz CT molecular complexity index is 1430. The van der Waals surface area contributed by atoms with Crippen LogP contribution < -0.4 is 5.32 Å². The number of hydrogen-bond acceptors (Lipinski definition) is 6. The van der Waals surface area contributed by atoms with Crippen molar-refractivity contribution in [2.45, 2.75) is 45.2 Å². The maximum absolute atomic E-state index is 13.9. The summed E-state index contributed by atoms with van der Waals surface area (Å²) >= 11 is 1.50. The van der Waals surface area contributed by atoms with Crippen LogP contribution in [0.3, 0.4) is 0 Å². The Morgan fingerprint density at radius 1 is 1.14 bits per heavy atom. The number of nitrogens with one attached hydrogen (secondary N) is 1. The van der Waals surface area contributed by atoms with Crippen LogP contribution in [-0.4, -0.2) is 54.7 Å². The molecule has 2 bridgehead atoms. The number of rotatable bonds is 5. The number of likely N-dealkylation sites (tertiary alicyclic amines) is 1. The van der Waals surface area contributed by atoms with Crippen LogP contribution in [0, 0.1) is 19.8 Å². The summed E-state index contributed by atoms with van der Waals surface area (Å²) in [6, 6.07) is 9.89. The van der Waals surface area contributed by atoms with Crippen molar-refractivity contribution in [1.29, 1.82) is 0 Å². The summed E-state index contributed by atoms with van der Waals surface area (Å²) in [6.45, 7) is 4.10. The van der Waals surface area contributed by atoms with E-state index in [4.69, 9.17) is 0 Å². The largest absolute Gasteiger partial charge is 0.349 e. The van der Waals surface area contributed by atoms with Gasteiger partial charge in [-0.2, -0.15) is 0 Å². The van der Waals surface area contributed by atoms with Crippen molar-refractivity contribution in [1.82, 2.24) is 29.6 Å². The molecule has 2 aliphatic rings. The number of carbonyl (C=O) groups excluding carboxylic acids is 2. The van der Waals surface area contributed by atoms with Gasteiger partial charge in [0.15, 0.2) is 4.96 Å². The number of imidazole rings is 1. The Balaban J connectivity index is 1.27. The summed E-state index contributed by atoms with van der Waals surface area (Å²) < 4.78 is 1.83. The quantitative estimate of drug-likeness (QED) is 0.462. The Morgan fingerprint density at radius 3 is 2.80 bits per heavy atom. The van der Waals surface area contributed by atoms with E-state index in [-0.39, 0.29) is 23.9 Å². The van der Waals surface area contributed by atoms with Gasteiger partial charge in [0.2, 0.25) is 0 Å². The molecule has 1 aliphatic heterocycles. The molecule has 178 valence electrons. The Morgan fingerprint density at radius 2 is 1.97 bits per heavy atom. The van der Waals surface area contributed by atoms with Crippen LogP contribution in [0.15, 0.2) is 48.1 Å². The minimum Gasteiger partial charge on any atom is -0.349 e. The monoisotopic (exact) mass is 486 g/mol. The van der Waals surface area contributed by atoms with E-state index in [9.17, 15) is 9.59 Å². The van der Waals surface area contributed by atoms with Gasteiger partial charge >= 0.3 is 0 Å². The summed E-state index contributed by atoms with van der Waals surface area (Å²) in [5.74, 6) is 0.787. The molecule has 1 aliphatic carbocycles. The highest BCUT2D eigenvalue weighted by Crippen LogP contribution is 2.43. The van der Waals surface area contributed by atoms with E-state index in [1.165, 1.54) is 11.3 Å². The number of amides is 2. The number of hydrogen-bond donors (Lipinski definition) is 1. The number of aryl methyl sites for hydroxylation is 2. The molecule has 2 amide bonds. The lowest BCUT2D eigenvalue weighted by Crippen LogP contribution is -2.50. The zero-order valence-corrected chi connectivity index (χ0v) is 20.5. The van der Waals surface area contributed by atoms with Crippen LogP contribution >= 0.6 is 11.3 Å². The molecule has 35 heavy (non-hydrogen) atoms. The topological polar surface area (TPSA) is 92.5 Å². The van der Waals surface area contributed by atoms with Crippen LogP contribution in [0.5, 0.6) is 0 Å². The molecular formula is C26H26N6O2S. The van der Waals surface area contributed by atoms with Gasteiger partial charge in [-0.05, 0) is 39.0 Å². The average molecular weight is 487 g/mol. The molecule has 4 aromatic rings. The van der Waals surface area contributed by atoms with E-state index in [0.29, 0.717) is 40.9 Å². The minimum absolute atomic E-state index is 0.0543. The molecule has 4 heterocycles. The predicted octanol–water partition coefficient (Wildman–Crippen LogP) is 3.89. The third kappa shape index (κ3) is 3.70. The van der Waals surface area contributed by atoms with E-state index in [0.717, 1.165) is 29.8 Å². The van der Waals surface area contributed by atoms with Crippen molar-refractivity contribution in [2.24, 2.45) is 5.92 Å². The van der Waals surface area contributed by atoms with Crippen LogP contribution in [-0.2, 0) is 0 Å². The summed E-state index contributed by atoms with van der Waals surface area (Å²) in [5, 5.41) is 5.03. The fourth-order valence-corrected chi connectivity index (χ4v) is 6.46. The molecule has 3 aromatic heterocycles. The van der Waals surface area contributed by atoms with E-state index < -0.39 is 0 Å². The van der Waals surface area contributed by atoms with Crippen molar-refractivity contribution in [3.8, 4) is 11.3 Å². The molecule has 0 spiro atoms. The molecule has 1 saturated carbocycles. The number of aromatic nitrogens is 4. The van der Waals surface area contributed by atoms with Crippen molar-refractivity contribution in [3.05, 3.63) is 70.9 Å². The highest BCUT2D eigenvalue weighted by Gasteiger charge is 2.48. The molecule has 2 fully saturated rings. The summed E-state index contributed by atoms with van der Waals surface area (Å²) in [6.07, 6.45) is 6.55. The van der Waals surface area contributed by atoms with E-state index in [1.54, 1.807) is 6.20 Å². The van der Waals surface area contributed by atoms with E-state index >= 15 is 0 Å². The molecule has 0 unspecified atom stereocenters. The fraction of sp³-hybridized carbons (Fsp3) is 0.346.